The van der Waals surface area contributed by atoms with E-state index >= 15 is 0 Å². The Labute approximate surface area is 204 Å². The number of benzene rings is 2. The number of nitrogens with zero attached hydrogens (tertiary/aromatic N) is 4. The molecular formula is C25H24F2N4O5. The molecule has 0 unspecified atom stereocenters. The lowest BCUT2D eigenvalue weighted by atomic mass is 9.98. The van der Waals surface area contributed by atoms with Gasteiger partial charge in [-0.25, -0.2) is 13.6 Å². The van der Waals surface area contributed by atoms with Crippen molar-refractivity contribution < 1.29 is 23.1 Å². The number of aromatic nitrogens is 3. The summed E-state index contributed by atoms with van der Waals surface area (Å²) in [5.41, 5.74) is -2.96. The normalized spacial score (nSPS) is 15.5. The Balaban J connectivity index is 1.81. The first-order valence-corrected chi connectivity index (χ1v) is 11.5. The van der Waals surface area contributed by atoms with E-state index in [0.717, 1.165) is 6.07 Å². The van der Waals surface area contributed by atoms with Gasteiger partial charge in [-0.2, -0.15) is 9.78 Å². The number of piperidine rings is 1. The quantitative estimate of drug-likeness (QED) is 0.483. The van der Waals surface area contributed by atoms with Crippen molar-refractivity contribution in [2.75, 3.05) is 19.7 Å². The highest BCUT2D eigenvalue weighted by atomic mass is 19.1. The standard InChI is InChI=1S/C25H24F2N4O5/c1-2-36-24(34)17-9-7-13-29(14-17)22(32)21-23(33)30(15-16-8-3-4-10-18(16)26)25(35)31(28-21)20-12-6-5-11-19(20)27/h3-6,8,10-12,17H,2,7,9,13-15H2,1H3/t17-/m1/s1. The van der Waals surface area contributed by atoms with Crippen LogP contribution in [0.25, 0.3) is 5.69 Å². The van der Waals surface area contributed by atoms with Crippen molar-refractivity contribution >= 4 is 11.9 Å². The maximum absolute atomic E-state index is 14.6. The van der Waals surface area contributed by atoms with Crippen molar-refractivity contribution in [3.63, 3.8) is 0 Å². The Morgan fingerprint density at radius 1 is 1.06 bits per heavy atom. The number of para-hydroxylation sites is 1. The second kappa shape index (κ2) is 10.6. The monoisotopic (exact) mass is 498 g/mol. The van der Waals surface area contributed by atoms with E-state index in [2.05, 4.69) is 5.10 Å². The molecule has 0 saturated carbocycles. The Kier molecular flexibility index (Phi) is 7.37. The molecular weight excluding hydrogens is 474 g/mol. The molecule has 1 amide bonds. The zero-order chi connectivity index (χ0) is 25.8. The Bertz CT molecular complexity index is 1420. The summed E-state index contributed by atoms with van der Waals surface area (Å²) in [7, 11) is 0. The number of likely N-dealkylation sites (tertiary alicyclic amines) is 1. The van der Waals surface area contributed by atoms with Crippen LogP contribution in [0.1, 0.15) is 35.8 Å². The molecule has 0 N–H and O–H groups in total. The number of hydrogen-bond acceptors (Lipinski definition) is 6. The number of carbonyl (C=O) groups excluding carboxylic acids is 2. The molecule has 0 bridgehead atoms. The van der Waals surface area contributed by atoms with E-state index in [1.807, 2.05) is 0 Å². The number of ether oxygens (including phenoxy) is 1. The summed E-state index contributed by atoms with van der Waals surface area (Å²) in [6.45, 7) is 1.64. The van der Waals surface area contributed by atoms with Gasteiger partial charge in [0.25, 0.3) is 11.5 Å². The summed E-state index contributed by atoms with van der Waals surface area (Å²) in [6.07, 6.45) is 1.01. The molecule has 9 nitrogen and oxygen atoms in total. The highest BCUT2D eigenvalue weighted by Gasteiger charge is 2.32. The van der Waals surface area contributed by atoms with E-state index in [0.29, 0.717) is 22.1 Å². The molecule has 1 aliphatic rings. The Morgan fingerprint density at radius 3 is 2.44 bits per heavy atom. The summed E-state index contributed by atoms with van der Waals surface area (Å²) in [5, 5.41) is 3.94. The molecule has 1 saturated heterocycles. The topological polar surface area (TPSA) is 104 Å². The first kappa shape index (κ1) is 25.0. The van der Waals surface area contributed by atoms with Crippen LogP contribution in [-0.4, -0.2) is 50.8 Å². The number of hydrogen-bond donors (Lipinski definition) is 0. The number of esters is 1. The average molecular weight is 498 g/mol. The van der Waals surface area contributed by atoms with Crippen LogP contribution in [0.5, 0.6) is 0 Å². The largest absolute Gasteiger partial charge is 0.466 e. The van der Waals surface area contributed by atoms with Gasteiger partial charge in [0, 0.05) is 18.7 Å². The third kappa shape index (κ3) is 4.95. The molecule has 0 spiro atoms. The SMILES string of the molecule is CCOC(=O)[C@@H]1CCCN(C(=O)c2nn(-c3ccccc3F)c(=O)n(Cc3ccccc3F)c2=O)C1. The summed E-state index contributed by atoms with van der Waals surface area (Å²) >= 11 is 0. The minimum absolute atomic E-state index is 0.00489. The van der Waals surface area contributed by atoms with E-state index in [1.165, 1.54) is 47.4 Å². The summed E-state index contributed by atoms with van der Waals surface area (Å²) in [4.78, 5) is 53.4. The maximum atomic E-state index is 14.6. The number of amides is 1. The molecule has 1 fully saturated rings. The van der Waals surface area contributed by atoms with Crippen LogP contribution in [0.4, 0.5) is 8.78 Å². The molecule has 36 heavy (non-hydrogen) atoms. The Hall–Kier alpha value is -4.15. The molecule has 4 rings (SSSR count). The minimum Gasteiger partial charge on any atom is -0.466 e. The first-order chi connectivity index (χ1) is 17.3. The fourth-order valence-corrected chi connectivity index (χ4v) is 4.13. The van der Waals surface area contributed by atoms with Crippen molar-refractivity contribution in [2.45, 2.75) is 26.3 Å². The van der Waals surface area contributed by atoms with Gasteiger partial charge < -0.3 is 9.64 Å². The Morgan fingerprint density at radius 2 is 1.75 bits per heavy atom. The van der Waals surface area contributed by atoms with Crippen LogP contribution in [0.2, 0.25) is 0 Å². The molecule has 2 aromatic carbocycles. The third-order valence-corrected chi connectivity index (χ3v) is 5.96. The van der Waals surface area contributed by atoms with Gasteiger partial charge in [-0.05, 0) is 38.0 Å². The fraction of sp³-hybridized carbons (Fsp3) is 0.320. The second-order valence-corrected chi connectivity index (χ2v) is 8.32. The van der Waals surface area contributed by atoms with Gasteiger partial charge in [0.05, 0.1) is 19.1 Å². The van der Waals surface area contributed by atoms with Crippen LogP contribution in [0, 0.1) is 17.6 Å². The lowest BCUT2D eigenvalue weighted by molar-refractivity contribution is -0.149. The van der Waals surface area contributed by atoms with Gasteiger partial charge in [0.1, 0.15) is 17.3 Å². The molecule has 1 atom stereocenters. The first-order valence-electron chi connectivity index (χ1n) is 11.5. The van der Waals surface area contributed by atoms with Gasteiger partial charge in [-0.15, -0.1) is 0 Å². The fourth-order valence-electron chi connectivity index (χ4n) is 4.13. The van der Waals surface area contributed by atoms with Gasteiger partial charge in [0.15, 0.2) is 0 Å². The highest BCUT2D eigenvalue weighted by molar-refractivity contribution is 5.92. The predicted octanol–water partition coefficient (Wildman–Crippen LogP) is 2.14. The molecule has 2 heterocycles. The molecule has 0 radical (unpaired) electrons. The van der Waals surface area contributed by atoms with Crippen molar-refractivity contribution in [3.05, 3.63) is 92.3 Å². The van der Waals surface area contributed by atoms with Crippen LogP contribution < -0.4 is 11.2 Å². The number of halogens is 2. The lowest BCUT2D eigenvalue weighted by Crippen LogP contribution is -2.49. The number of carbonyl (C=O) groups is 2. The molecule has 1 aromatic heterocycles. The average Bonchev–Trinajstić information content (AvgIpc) is 2.88. The zero-order valence-electron chi connectivity index (χ0n) is 19.5. The van der Waals surface area contributed by atoms with Crippen LogP contribution in [-0.2, 0) is 16.1 Å². The van der Waals surface area contributed by atoms with Gasteiger partial charge in [0.2, 0.25) is 5.69 Å². The highest BCUT2D eigenvalue weighted by Crippen LogP contribution is 2.19. The second-order valence-electron chi connectivity index (χ2n) is 8.32. The lowest BCUT2D eigenvalue weighted by Gasteiger charge is -2.31. The predicted molar refractivity (Wildman–Crippen MR) is 125 cm³/mol. The van der Waals surface area contributed by atoms with E-state index in [4.69, 9.17) is 4.74 Å². The van der Waals surface area contributed by atoms with E-state index in [-0.39, 0.29) is 30.9 Å². The molecule has 0 aliphatic carbocycles. The third-order valence-electron chi connectivity index (χ3n) is 5.96. The van der Waals surface area contributed by atoms with Crippen LogP contribution in [0.3, 0.4) is 0 Å². The zero-order valence-corrected chi connectivity index (χ0v) is 19.5. The summed E-state index contributed by atoms with van der Waals surface area (Å²) in [5.74, 6) is -3.29. The van der Waals surface area contributed by atoms with Crippen molar-refractivity contribution in [3.8, 4) is 5.69 Å². The summed E-state index contributed by atoms with van der Waals surface area (Å²) in [6, 6.07) is 10.8. The van der Waals surface area contributed by atoms with E-state index < -0.39 is 52.9 Å². The van der Waals surface area contributed by atoms with Crippen LogP contribution >= 0.6 is 0 Å². The van der Waals surface area contributed by atoms with Crippen molar-refractivity contribution in [1.82, 2.24) is 19.2 Å². The molecule has 11 heteroatoms. The smallest absolute Gasteiger partial charge is 0.352 e. The van der Waals surface area contributed by atoms with Crippen LogP contribution in [0.15, 0.2) is 58.1 Å². The van der Waals surface area contributed by atoms with E-state index in [1.54, 1.807) is 6.92 Å². The van der Waals surface area contributed by atoms with Crippen molar-refractivity contribution in [1.29, 1.82) is 0 Å². The molecule has 1 aliphatic heterocycles. The van der Waals surface area contributed by atoms with Gasteiger partial charge >= 0.3 is 11.7 Å². The minimum atomic E-state index is -1.04. The van der Waals surface area contributed by atoms with Gasteiger partial charge in [-0.1, -0.05) is 30.3 Å². The van der Waals surface area contributed by atoms with Gasteiger partial charge in [-0.3, -0.25) is 19.0 Å². The molecule has 188 valence electrons. The number of rotatable bonds is 6. The van der Waals surface area contributed by atoms with E-state index in [9.17, 15) is 28.0 Å². The molecule has 3 aromatic rings. The van der Waals surface area contributed by atoms with Crippen molar-refractivity contribution in [2.24, 2.45) is 5.92 Å². The summed E-state index contributed by atoms with van der Waals surface area (Å²) < 4.78 is 35.3. The maximum Gasteiger partial charge on any atom is 0.352 e.